The summed E-state index contributed by atoms with van der Waals surface area (Å²) in [5, 5.41) is 10.9. The molecule has 0 aliphatic carbocycles. The van der Waals surface area contributed by atoms with Crippen LogP contribution < -0.4 is 5.32 Å². The number of nitrogens with one attached hydrogen (secondary N) is 1. The van der Waals surface area contributed by atoms with Gasteiger partial charge in [-0.05, 0) is 34.7 Å². The Morgan fingerprint density at radius 1 is 1.47 bits per heavy atom. The van der Waals surface area contributed by atoms with Crippen LogP contribution in [-0.2, 0) is 13.1 Å². The van der Waals surface area contributed by atoms with E-state index in [1.165, 1.54) is 0 Å². The molecule has 0 amide bonds. The van der Waals surface area contributed by atoms with E-state index in [1.54, 1.807) is 10.9 Å². The number of furan rings is 1. The molecular weight excluding hydrogens is 307 g/mol. The summed E-state index contributed by atoms with van der Waals surface area (Å²) in [5.41, 5.74) is 0. The van der Waals surface area contributed by atoms with E-state index in [2.05, 4.69) is 38.2 Å². The molecule has 0 unspecified atom stereocenters. The van der Waals surface area contributed by atoms with Crippen LogP contribution in [0.3, 0.4) is 0 Å². The van der Waals surface area contributed by atoms with E-state index in [-0.39, 0.29) is 0 Å². The first-order valence-electron chi connectivity index (χ1n) is 4.63. The molecule has 0 aliphatic heterocycles. The van der Waals surface area contributed by atoms with Gasteiger partial charge in [-0.2, -0.15) is 0 Å². The summed E-state index contributed by atoms with van der Waals surface area (Å²) in [6.45, 7) is 2.41. The average Bonchev–Trinajstić information content (AvgIpc) is 2.84. The molecule has 2 rings (SSSR count). The molecule has 0 bridgehead atoms. The highest BCUT2D eigenvalue weighted by atomic mass is 127. The molecule has 0 saturated heterocycles. The van der Waals surface area contributed by atoms with Crippen LogP contribution in [0, 0.1) is 3.77 Å². The lowest BCUT2D eigenvalue weighted by Crippen LogP contribution is -2.19. The molecule has 0 radical (unpaired) electrons. The van der Waals surface area contributed by atoms with Crippen molar-refractivity contribution < 1.29 is 4.42 Å². The fourth-order valence-electron chi connectivity index (χ4n) is 1.20. The third kappa shape index (κ3) is 3.31. The van der Waals surface area contributed by atoms with Crippen molar-refractivity contribution in [3.8, 4) is 0 Å². The fourth-order valence-corrected chi connectivity index (χ4v) is 1.67. The molecule has 0 atom stereocenters. The van der Waals surface area contributed by atoms with Gasteiger partial charge >= 0.3 is 0 Å². The van der Waals surface area contributed by atoms with Gasteiger partial charge in [0.05, 0.1) is 19.3 Å². The molecular formula is C9H11IN4O. The molecule has 2 heterocycles. The van der Waals surface area contributed by atoms with Crippen molar-refractivity contribution in [1.82, 2.24) is 20.3 Å². The van der Waals surface area contributed by atoms with Crippen LogP contribution in [0.4, 0.5) is 0 Å². The van der Waals surface area contributed by atoms with Gasteiger partial charge in [0, 0.05) is 12.7 Å². The SMILES string of the molecule is Ic1ccc(CNCCn2ccnn2)o1. The fraction of sp³-hybridized carbons (Fsp3) is 0.333. The van der Waals surface area contributed by atoms with Crippen molar-refractivity contribution in [3.63, 3.8) is 0 Å². The quantitative estimate of drug-likeness (QED) is 0.666. The van der Waals surface area contributed by atoms with Gasteiger partial charge in [0.15, 0.2) is 3.77 Å². The standard InChI is InChI=1S/C9H11IN4O/c10-9-2-1-8(15-9)7-11-3-5-14-6-4-12-13-14/h1-2,4,6,11H,3,5,7H2. The summed E-state index contributed by atoms with van der Waals surface area (Å²) >= 11 is 2.15. The lowest BCUT2D eigenvalue weighted by molar-refractivity contribution is 0.452. The van der Waals surface area contributed by atoms with Crippen LogP contribution in [-0.4, -0.2) is 21.5 Å². The zero-order chi connectivity index (χ0) is 10.5. The van der Waals surface area contributed by atoms with Gasteiger partial charge < -0.3 is 9.73 Å². The minimum absolute atomic E-state index is 0.748. The average molecular weight is 318 g/mol. The number of hydrogen-bond donors (Lipinski definition) is 1. The van der Waals surface area contributed by atoms with Crippen molar-refractivity contribution in [2.45, 2.75) is 13.1 Å². The second kappa shape index (κ2) is 5.26. The van der Waals surface area contributed by atoms with Crippen LogP contribution in [0.25, 0.3) is 0 Å². The molecule has 0 saturated carbocycles. The maximum absolute atomic E-state index is 5.41. The highest BCUT2D eigenvalue weighted by molar-refractivity contribution is 14.1. The molecule has 1 N–H and O–H groups in total. The number of halogens is 1. The Morgan fingerprint density at radius 2 is 2.40 bits per heavy atom. The third-order valence-electron chi connectivity index (χ3n) is 1.92. The molecule has 0 aliphatic rings. The Hall–Kier alpha value is -0.890. The van der Waals surface area contributed by atoms with Gasteiger partial charge in [-0.15, -0.1) is 5.10 Å². The van der Waals surface area contributed by atoms with Crippen molar-refractivity contribution >= 4 is 22.6 Å². The Morgan fingerprint density at radius 3 is 3.07 bits per heavy atom. The van der Waals surface area contributed by atoms with E-state index in [9.17, 15) is 0 Å². The number of hydrogen-bond acceptors (Lipinski definition) is 4. The Kier molecular flexibility index (Phi) is 3.73. The van der Waals surface area contributed by atoms with Crippen LogP contribution in [0.1, 0.15) is 5.76 Å². The predicted octanol–water partition coefficient (Wildman–Crippen LogP) is 1.27. The summed E-state index contributed by atoms with van der Waals surface area (Å²) in [7, 11) is 0. The lowest BCUT2D eigenvalue weighted by atomic mass is 10.4. The monoisotopic (exact) mass is 318 g/mol. The topological polar surface area (TPSA) is 55.9 Å². The van der Waals surface area contributed by atoms with Crippen molar-refractivity contribution in [1.29, 1.82) is 0 Å². The second-order valence-electron chi connectivity index (χ2n) is 3.05. The summed E-state index contributed by atoms with van der Waals surface area (Å²) in [4.78, 5) is 0. The first kappa shape index (κ1) is 10.6. The molecule has 2 aromatic rings. The van der Waals surface area contributed by atoms with Gasteiger partial charge in [-0.3, -0.25) is 4.68 Å². The molecule has 15 heavy (non-hydrogen) atoms. The summed E-state index contributed by atoms with van der Waals surface area (Å²) < 4.78 is 8.12. The highest BCUT2D eigenvalue weighted by Gasteiger charge is 1.98. The zero-order valence-corrected chi connectivity index (χ0v) is 10.2. The van der Waals surface area contributed by atoms with Crippen LogP contribution in [0.2, 0.25) is 0 Å². The normalized spacial score (nSPS) is 10.7. The molecule has 80 valence electrons. The van der Waals surface area contributed by atoms with E-state index in [4.69, 9.17) is 4.42 Å². The van der Waals surface area contributed by atoms with Crippen molar-refractivity contribution in [3.05, 3.63) is 34.1 Å². The van der Waals surface area contributed by atoms with Gasteiger partial charge in [0.2, 0.25) is 0 Å². The lowest BCUT2D eigenvalue weighted by Gasteiger charge is -2.01. The Labute approximate surface area is 101 Å². The van der Waals surface area contributed by atoms with Crippen molar-refractivity contribution in [2.75, 3.05) is 6.54 Å². The number of rotatable bonds is 5. The molecule has 6 heteroatoms. The van der Waals surface area contributed by atoms with Gasteiger partial charge in [-0.1, -0.05) is 5.21 Å². The third-order valence-corrected chi connectivity index (χ3v) is 2.50. The summed E-state index contributed by atoms with van der Waals surface area (Å²) in [6, 6.07) is 3.93. The molecule has 5 nitrogen and oxygen atoms in total. The molecule has 0 aromatic carbocycles. The maximum atomic E-state index is 5.41. The predicted molar refractivity (Wildman–Crippen MR) is 63.2 cm³/mol. The smallest absolute Gasteiger partial charge is 0.164 e. The minimum Gasteiger partial charge on any atom is -0.454 e. The molecule has 0 fully saturated rings. The van der Waals surface area contributed by atoms with E-state index < -0.39 is 0 Å². The largest absolute Gasteiger partial charge is 0.454 e. The van der Waals surface area contributed by atoms with E-state index in [0.29, 0.717) is 0 Å². The van der Waals surface area contributed by atoms with E-state index in [1.807, 2.05) is 18.3 Å². The minimum atomic E-state index is 0.748. The Balaban J connectivity index is 1.67. The molecule has 2 aromatic heterocycles. The van der Waals surface area contributed by atoms with E-state index in [0.717, 1.165) is 29.2 Å². The maximum Gasteiger partial charge on any atom is 0.164 e. The summed E-state index contributed by atoms with van der Waals surface area (Å²) in [6.07, 6.45) is 3.52. The van der Waals surface area contributed by atoms with Crippen molar-refractivity contribution in [2.24, 2.45) is 0 Å². The van der Waals surface area contributed by atoms with Crippen LogP contribution >= 0.6 is 22.6 Å². The summed E-state index contributed by atoms with van der Waals surface area (Å²) in [5.74, 6) is 0.956. The van der Waals surface area contributed by atoms with E-state index >= 15 is 0 Å². The first-order valence-corrected chi connectivity index (χ1v) is 5.71. The zero-order valence-electron chi connectivity index (χ0n) is 8.06. The number of aromatic nitrogens is 3. The first-order chi connectivity index (χ1) is 7.34. The van der Waals surface area contributed by atoms with Crippen LogP contribution in [0.5, 0.6) is 0 Å². The highest BCUT2D eigenvalue weighted by Crippen LogP contribution is 2.09. The molecule has 0 spiro atoms. The Bertz CT molecular complexity index is 398. The van der Waals surface area contributed by atoms with Gasteiger partial charge in [-0.25, -0.2) is 0 Å². The van der Waals surface area contributed by atoms with Gasteiger partial charge in [0.25, 0.3) is 0 Å². The van der Waals surface area contributed by atoms with Gasteiger partial charge in [0.1, 0.15) is 5.76 Å². The second-order valence-corrected chi connectivity index (χ2v) is 4.11. The van der Waals surface area contributed by atoms with Crippen LogP contribution in [0.15, 0.2) is 28.9 Å². The number of nitrogens with zero attached hydrogens (tertiary/aromatic N) is 3.